The number of ether oxygens (including phenoxy) is 3. The van der Waals surface area contributed by atoms with Crippen molar-refractivity contribution in [3.8, 4) is 11.5 Å². The Bertz CT molecular complexity index is 753. The van der Waals surface area contributed by atoms with Crippen molar-refractivity contribution in [1.82, 2.24) is 0 Å². The van der Waals surface area contributed by atoms with Crippen LogP contribution < -0.4 is 9.47 Å². The van der Waals surface area contributed by atoms with Gasteiger partial charge in [-0.25, -0.2) is 0 Å². The van der Waals surface area contributed by atoms with E-state index in [1.807, 2.05) is 30.3 Å². The predicted molar refractivity (Wildman–Crippen MR) is 110 cm³/mol. The maximum Gasteiger partial charge on any atom is 0.119 e. The lowest BCUT2D eigenvalue weighted by Crippen LogP contribution is -2.20. The van der Waals surface area contributed by atoms with Gasteiger partial charge in [0, 0.05) is 10.8 Å². The first-order valence-corrected chi connectivity index (χ1v) is 9.52. The molecule has 1 aliphatic heterocycles. The maximum atomic E-state index is 5.90. The first kappa shape index (κ1) is 19.5. The standard InChI is InChI=1S/C24H30O3/c1-6-23(2,3)17-27-21-13-9-19(10-14-21)24(4,5)18-7-11-20(12-8-18)25-15-22-16-26-22/h6-14,22H,1,15-17H2,2-5H3. The van der Waals surface area contributed by atoms with E-state index in [1.165, 1.54) is 11.1 Å². The van der Waals surface area contributed by atoms with Crippen LogP contribution in [0.2, 0.25) is 0 Å². The number of rotatable bonds is 9. The molecule has 1 heterocycles. The van der Waals surface area contributed by atoms with E-state index in [0.29, 0.717) is 13.2 Å². The lowest BCUT2D eigenvalue weighted by molar-refractivity contribution is 0.222. The summed E-state index contributed by atoms with van der Waals surface area (Å²) in [5.41, 5.74) is 2.36. The molecule has 0 saturated carbocycles. The molecule has 0 spiro atoms. The first-order chi connectivity index (χ1) is 12.8. The van der Waals surface area contributed by atoms with Gasteiger partial charge in [0.2, 0.25) is 0 Å². The van der Waals surface area contributed by atoms with Crippen LogP contribution in [0.15, 0.2) is 61.2 Å². The van der Waals surface area contributed by atoms with Crippen LogP contribution in [-0.2, 0) is 10.2 Å². The third kappa shape index (κ3) is 5.14. The van der Waals surface area contributed by atoms with Crippen molar-refractivity contribution in [3.05, 3.63) is 72.3 Å². The van der Waals surface area contributed by atoms with Crippen LogP contribution in [0, 0.1) is 5.41 Å². The molecule has 2 aromatic rings. The SMILES string of the molecule is C=CC(C)(C)COc1ccc(C(C)(C)c2ccc(OCC3CO3)cc2)cc1. The topological polar surface area (TPSA) is 31.0 Å². The number of epoxide rings is 1. The molecule has 0 aliphatic carbocycles. The van der Waals surface area contributed by atoms with E-state index in [4.69, 9.17) is 14.2 Å². The summed E-state index contributed by atoms with van der Waals surface area (Å²) in [5.74, 6) is 1.77. The lowest BCUT2D eigenvalue weighted by Gasteiger charge is -2.27. The van der Waals surface area contributed by atoms with Crippen molar-refractivity contribution in [2.75, 3.05) is 19.8 Å². The molecule has 1 fully saturated rings. The van der Waals surface area contributed by atoms with Crippen LogP contribution >= 0.6 is 0 Å². The summed E-state index contributed by atoms with van der Waals surface area (Å²) in [6.45, 7) is 14.6. The quantitative estimate of drug-likeness (QED) is 0.441. The third-order valence-corrected chi connectivity index (χ3v) is 5.15. The van der Waals surface area contributed by atoms with Gasteiger partial charge in [-0.05, 0) is 35.4 Å². The van der Waals surface area contributed by atoms with Gasteiger partial charge in [-0.2, -0.15) is 0 Å². The largest absolute Gasteiger partial charge is 0.493 e. The molecule has 0 radical (unpaired) electrons. The van der Waals surface area contributed by atoms with Crippen molar-refractivity contribution in [3.63, 3.8) is 0 Å². The van der Waals surface area contributed by atoms with Gasteiger partial charge in [-0.1, -0.05) is 58.0 Å². The molecular formula is C24H30O3. The van der Waals surface area contributed by atoms with E-state index >= 15 is 0 Å². The highest BCUT2D eigenvalue weighted by molar-refractivity contribution is 5.41. The van der Waals surface area contributed by atoms with Gasteiger partial charge in [0.15, 0.2) is 0 Å². The fourth-order valence-electron chi connectivity index (χ4n) is 2.78. The molecule has 0 N–H and O–H groups in total. The maximum absolute atomic E-state index is 5.90. The minimum absolute atomic E-state index is 0.0343. The van der Waals surface area contributed by atoms with Crippen molar-refractivity contribution < 1.29 is 14.2 Å². The van der Waals surface area contributed by atoms with E-state index in [0.717, 1.165) is 18.1 Å². The second-order valence-electron chi connectivity index (χ2n) is 8.42. The average molecular weight is 367 g/mol. The lowest BCUT2D eigenvalue weighted by atomic mass is 9.78. The van der Waals surface area contributed by atoms with Crippen LogP contribution in [0.5, 0.6) is 11.5 Å². The summed E-state index contributed by atoms with van der Waals surface area (Å²) in [6, 6.07) is 16.7. The van der Waals surface area contributed by atoms with E-state index in [9.17, 15) is 0 Å². The monoisotopic (exact) mass is 366 g/mol. The van der Waals surface area contributed by atoms with Gasteiger partial charge >= 0.3 is 0 Å². The second-order valence-corrected chi connectivity index (χ2v) is 8.42. The first-order valence-electron chi connectivity index (χ1n) is 9.52. The van der Waals surface area contributed by atoms with Gasteiger partial charge in [0.05, 0.1) is 13.2 Å². The highest BCUT2D eigenvalue weighted by Crippen LogP contribution is 2.33. The predicted octanol–water partition coefficient (Wildman–Crippen LogP) is 5.38. The Morgan fingerprint density at radius 1 is 0.926 bits per heavy atom. The average Bonchev–Trinajstić information content (AvgIpc) is 3.50. The highest BCUT2D eigenvalue weighted by atomic mass is 16.6. The van der Waals surface area contributed by atoms with E-state index in [-0.39, 0.29) is 16.9 Å². The Hall–Kier alpha value is -2.26. The van der Waals surface area contributed by atoms with Crippen LogP contribution in [0.1, 0.15) is 38.8 Å². The fourth-order valence-corrected chi connectivity index (χ4v) is 2.78. The molecule has 1 atom stereocenters. The third-order valence-electron chi connectivity index (χ3n) is 5.15. The molecule has 3 nitrogen and oxygen atoms in total. The van der Waals surface area contributed by atoms with Crippen LogP contribution in [0.3, 0.4) is 0 Å². The Kier molecular flexibility index (Phi) is 5.61. The summed E-state index contributed by atoms with van der Waals surface area (Å²) in [7, 11) is 0. The summed E-state index contributed by atoms with van der Waals surface area (Å²) in [4.78, 5) is 0. The summed E-state index contributed by atoms with van der Waals surface area (Å²) < 4.78 is 16.8. The van der Waals surface area contributed by atoms with Crippen molar-refractivity contribution in [2.24, 2.45) is 5.41 Å². The number of hydrogen-bond acceptors (Lipinski definition) is 3. The molecule has 27 heavy (non-hydrogen) atoms. The Morgan fingerprint density at radius 2 is 1.41 bits per heavy atom. The number of benzene rings is 2. The summed E-state index contributed by atoms with van der Waals surface area (Å²) in [6.07, 6.45) is 2.20. The van der Waals surface area contributed by atoms with Crippen LogP contribution in [-0.4, -0.2) is 25.9 Å². The molecule has 1 saturated heterocycles. The minimum atomic E-state index is -0.100. The van der Waals surface area contributed by atoms with E-state index < -0.39 is 0 Å². The second kappa shape index (κ2) is 7.77. The van der Waals surface area contributed by atoms with Crippen molar-refractivity contribution >= 4 is 0 Å². The van der Waals surface area contributed by atoms with Crippen LogP contribution in [0.25, 0.3) is 0 Å². The minimum Gasteiger partial charge on any atom is -0.493 e. The van der Waals surface area contributed by atoms with E-state index in [1.54, 1.807) is 0 Å². The summed E-state index contributed by atoms with van der Waals surface area (Å²) in [5, 5.41) is 0. The van der Waals surface area contributed by atoms with Gasteiger partial charge in [-0.15, -0.1) is 6.58 Å². The van der Waals surface area contributed by atoms with E-state index in [2.05, 4.69) is 58.5 Å². The molecular weight excluding hydrogens is 336 g/mol. The zero-order chi connectivity index (χ0) is 19.5. The fraction of sp³-hybridized carbons (Fsp3) is 0.417. The Balaban J connectivity index is 1.65. The van der Waals surface area contributed by atoms with Gasteiger partial charge in [0.1, 0.15) is 24.2 Å². The normalized spacial score (nSPS) is 16.7. The van der Waals surface area contributed by atoms with Gasteiger partial charge in [0.25, 0.3) is 0 Å². The molecule has 3 heteroatoms. The molecule has 3 rings (SSSR count). The van der Waals surface area contributed by atoms with Crippen LogP contribution in [0.4, 0.5) is 0 Å². The molecule has 0 amide bonds. The molecule has 1 aliphatic rings. The zero-order valence-corrected chi connectivity index (χ0v) is 16.8. The van der Waals surface area contributed by atoms with Gasteiger partial charge in [-0.3, -0.25) is 0 Å². The Morgan fingerprint density at radius 3 is 1.85 bits per heavy atom. The molecule has 0 bridgehead atoms. The van der Waals surface area contributed by atoms with Crippen molar-refractivity contribution in [2.45, 2.75) is 39.2 Å². The smallest absolute Gasteiger partial charge is 0.119 e. The summed E-state index contributed by atoms with van der Waals surface area (Å²) >= 11 is 0. The van der Waals surface area contributed by atoms with Gasteiger partial charge < -0.3 is 14.2 Å². The highest BCUT2D eigenvalue weighted by Gasteiger charge is 2.25. The molecule has 144 valence electrons. The number of hydrogen-bond donors (Lipinski definition) is 0. The molecule has 1 unspecified atom stereocenters. The molecule has 0 aromatic heterocycles. The van der Waals surface area contributed by atoms with Crippen molar-refractivity contribution in [1.29, 1.82) is 0 Å². The molecule has 2 aromatic carbocycles. The Labute approximate surface area is 163 Å². The zero-order valence-electron chi connectivity index (χ0n) is 16.8.